The lowest BCUT2D eigenvalue weighted by atomic mass is 9.98. The Morgan fingerprint density at radius 3 is 2.66 bits per heavy atom. The summed E-state index contributed by atoms with van der Waals surface area (Å²) in [6.07, 6.45) is 1.91. The maximum Gasteiger partial charge on any atom is 0.407 e. The van der Waals surface area contributed by atoms with E-state index in [1.165, 1.54) is 18.9 Å². The molecule has 1 saturated carbocycles. The molecule has 3 rings (SSSR count). The molecule has 156 valence electrons. The summed E-state index contributed by atoms with van der Waals surface area (Å²) < 4.78 is 18.9. The SMILES string of the molecule is CC(C)(C)OC(=O)NCc1cc(-c2ccc(F)c(Cl)c2)nc(C(CBr)C2CC2)c1. The van der Waals surface area contributed by atoms with Crippen LogP contribution >= 0.6 is 27.5 Å². The number of rotatable bonds is 6. The number of nitrogens with one attached hydrogen (secondary N) is 1. The molecule has 1 atom stereocenters. The predicted molar refractivity (Wildman–Crippen MR) is 117 cm³/mol. The number of nitrogens with zero attached hydrogens (tertiary/aromatic N) is 1. The molecule has 0 spiro atoms. The lowest BCUT2D eigenvalue weighted by Gasteiger charge is -2.20. The quantitative estimate of drug-likeness (QED) is 0.480. The minimum absolute atomic E-state index is 0.0577. The molecule has 2 aromatic rings. The second kappa shape index (κ2) is 9.00. The maximum atomic E-state index is 13.6. The first-order valence-electron chi connectivity index (χ1n) is 9.65. The fourth-order valence-electron chi connectivity index (χ4n) is 3.14. The van der Waals surface area contributed by atoms with E-state index in [2.05, 4.69) is 21.2 Å². The van der Waals surface area contributed by atoms with Crippen molar-refractivity contribution in [3.63, 3.8) is 0 Å². The van der Waals surface area contributed by atoms with Crippen LogP contribution in [0.15, 0.2) is 30.3 Å². The van der Waals surface area contributed by atoms with Crippen LogP contribution in [0.2, 0.25) is 5.02 Å². The minimum Gasteiger partial charge on any atom is -0.444 e. The molecule has 0 aliphatic heterocycles. The van der Waals surface area contributed by atoms with Gasteiger partial charge in [0, 0.05) is 29.1 Å². The molecule has 29 heavy (non-hydrogen) atoms. The van der Waals surface area contributed by atoms with Crippen LogP contribution in [0, 0.1) is 11.7 Å². The number of hydrogen-bond donors (Lipinski definition) is 1. The average molecular weight is 484 g/mol. The van der Waals surface area contributed by atoms with Gasteiger partial charge < -0.3 is 10.1 Å². The molecule has 0 bridgehead atoms. The van der Waals surface area contributed by atoms with E-state index in [0.29, 0.717) is 24.1 Å². The summed E-state index contributed by atoms with van der Waals surface area (Å²) in [4.78, 5) is 16.9. The standard InChI is InChI=1S/C22H25BrClFN2O2/c1-22(2,3)29-21(28)26-12-13-8-19(15-6-7-18(25)17(24)10-15)27-20(9-13)16(11-23)14-4-5-14/h6-10,14,16H,4-5,11-12H2,1-3H3,(H,26,28). The van der Waals surface area contributed by atoms with E-state index in [1.54, 1.807) is 12.1 Å². The number of pyridine rings is 1. The van der Waals surface area contributed by atoms with Crippen molar-refractivity contribution in [1.82, 2.24) is 10.3 Å². The molecule has 1 aromatic carbocycles. The van der Waals surface area contributed by atoms with E-state index < -0.39 is 17.5 Å². The van der Waals surface area contributed by atoms with Crippen LogP contribution in [0.25, 0.3) is 11.3 Å². The van der Waals surface area contributed by atoms with E-state index in [0.717, 1.165) is 22.2 Å². The van der Waals surface area contributed by atoms with Crippen molar-refractivity contribution in [1.29, 1.82) is 0 Å². The van der Waals surface area contributed by atoms with E-state index >= 15 is 0 Å². The van der Waals surface area contributed by atoms with Crippen LogP contribution in [0.3, 0.4) is 0 Å². The highest BCUT2D eigenvalue weighted by molar-refractivity contribution is 9.09. The van der Waals surface area contributed by atoms with Crippen molar-refractivity contribution in [3.05, 3.63) is 52.4 Å². The van der Waals surface area contributed by atoms with Crippen molar-refractivity contribution in [3.8, 4) is 11.3 Å². The van der Waals surface area contributed by atoms with Crippen LogP contribution in [-0.4, -0.2) is 22.0 Å². The molecule has 0 saturated heterocycles. The highest BCUT2D eigenvalue weighted by Crippen LogP contribution is 2.43. The number of carbonyl (C=O) groups excluding carboxylic acids is 1. The third kappa shape index (κ3) is 6.16. The zero-order valence-electron chi connectivity index (χ0n) is 16.8. The normalized spacial score (nSPS) is 15.1. The third-order valence-electron chi connectivity index (χ3n) is 4.69. The van der Waals surface area contributed by atoms with Crippen LogP contribution in [0.4, 0.5) is 9.18 Å². The van der Waals surface area contributed by atoms with Gasteiger partial charge in [0.15, 0.2) is 0 Å². The van der Waals surface area contributed by atoms with E-state index in [1.807, 2.05) is 32.9 Å². The van der Waals surface area contributed by atoms with Gasteiger partial charge in [0.25, 0.3) is 0 Å². The van der Waals surface area contributed by atoms with Crippen LogP contribution in [-0.2, 0) is 11.3 Å². The van der Waals surface area contributed by atoms with E-state index in [-0.39, 0.29) is 5.02 Å². The molecule has 1 N–H and O–H groups in total. The highest BCUT2D eigenvalue weighted by atomic mass is 79.9. The average Bonchev–Trinajstić information content (AvgIpc) is 3.46. The summed E-state index contributed by atoms with van der Waals surface area (Å²) in [5, 5.41) is 3.67. The van der Waals surface area contributed by atoms with Crippen LogP contribution < -0.4 is 5.32 Å². The Labute approximate surface area is 184 Å². The van der Waals surface area contributed by atoms with Gasteiger partial charge in [0.1, 0.15) is 11.4 Å². The Morgan fingerprint density at radius 2 is 2.07 bits per heavy atom. The van der Waals surface area contributed by atoms with Gasteiger partial charge in [-0.15, -0.1) is 0 Å². The number of carbonyl (C=O) groups is 1. The predicted octanol–water partition coefficient (Wildman–Crippen LogP) is 6.45. The Balaban J connectivity index is 1.90. The van der Waals surface area contributed by atoms with Crippen molar-refractivity contribution in [2.24, 2.45) is 5.92 Å². The first kappa shape index (κ1) is 22.0. The largest absolute Gasteiger partial charge is 0.444 e. The lowest BCUT2D eigenvalue weighted by Crippen LogP contribution is -2.32. The number of alkyl halides is 1. The van der Waals surface area contributed by atoms with Crippen molar-refractivity contribution >= 4 is 33.6 Å². The van der Waals surface area contributed by atoms with E-state index in [4.69, 9.17) is 21.3 Å². The fourth-order valence-corrected chi connectivity index (χ4v) is 4.18. The van der Waals surface area contributed by atoms with Gasteiger partial charge in [0.05, 0.1) is 10.7 Å². The summed E-state index contributed by atoms with van der Waals surface area (Å²) in [5.74, 6) is 0.446. The molecule has 0 radical (unpaired) electrons. The third-order valence-corrected chi connectivity index (χ3v) is 5.68. The Bertz CT molecular complexity index is 897. The van der Waals surface area contributed by atoms with Gasteiger partial charge >= 0.3 is 6.09 Å². The number of ether oxygens (including phenoxy) is 1. The smallest absolute Gasteiger partial charge is 0.407 e. The van der Waals surface area contributed by atoms with Gasteiger partial charge in [-0.3, -0.25) is 4.98 Å². The van der Waals surface area contributed by atoms with Gasteiger partial charge in [-0.2, -0.15) is 0 Å². The molecule has 1 aliphatic carbocycles. The molecule has 1 aromatic heterocycles. The first-order valence-corrected chi connectivity index (χ1v) is 11.2. The monoisotopic (exact) mass is 482 g/mol. The molecular weight excluding hydrogens is 459 g/mol. The van der Waals surface area contributed by atoms with Crippen molar-refractivity contribution in [2.75, 3.05) is 5.33 Å². The Kier molecular flexibility index (Phi) is 6.84. The second-order valence-corrected chi connectivity index (χ2v) is 9.42. The molecule has 1 amide bonds. The number of aromatic nitrogens is 1. The topological polar surface area (TPSA) is 51.2 Å². The number of halogens is 3. The summed E-state index contributed by atoms with van der Waals surface area (Å²) in [6.45, 7) is 5.78. The summed E-state index contributed by atoms with van der Waals surface area (Å²) in [5.41, 5.74) is 2.75. The lowest BCUT2D eigenvalue weighted by molar-refractivity contribution is 0.0523. The van der Waals surface area contributed by atoms with Gasteiger partial charge in [-0.1, -0.05) is 27.5 Å². The second-order valence-electron chi connectivity index (χ2n) is 8.37. The van der Waals surface area contributed by atoms with Crippen molar-refractivity contribution in [2.45, 2.75) is 51.7 Å². The molecular formula is C22H25BrClFN2O2. The van der Waals surface area contributed by atoms with Gasteiger partial charge in [-0.25, -0.2) is 9.18 Å². The highest BCUT2D eigenvalue weighted by Gasteiger charge is 2.32. The molecule has 1 fully saturated rings. The van der Waals surface area contributed by atoms with E-state index in [9.17, 15) is 9.18 Å². The Hall–Kier alpha value is -1.66. The zero-order valence-corrected chi connectivity index (χ0v) is 19.1. The molecule has 7 heteroatoms. The first-order chi connectivity index (χ1) is 13.7. The maximum absolute atomic E-state index is 13.6. The summed E-state index contributed by atoms with van der Waals surface area (Å²) in [7, 11) is 0. The zero-order chi connectivity index (χ0) is 21.2. The summed E-state index contributed by atoms with van der Waals surface area (Å²) in [6, 6.07) is 8.50. The summed E-state index contributed by atoms with van der Waals surface area (Å²) >= 11 is 9.59. The van der Waals surface area contributed by atoms with Crippen LogP contribution in [0.1, 0.15) is 50.8 Å². The molecule has 1 heterocycles. The van der Waals surface area contributed by atoms with Gasteiger partial charge in [0.2, 0.25) is 0 Å². The molecule has 1 aliphatic rings. The number of alkyl carbamates (subject to hydrolysis) is 1. The Morgan fingerprint density at radius 1 is 1.34 bits per heavy atom. The molecule has 1 unspecified atom stereocenters. The number of amides is 1. The molecule has 4 nitrogen and oxygen atoms in total. The number of hydrogen-bond acceptors (Lipinski definition) is 3. The minimum atomic E-state index is -0.559. The van der Waals surface area contributed by atoms with Gasteiger partial charge in [-0.05, 0) is 75.4 Å². The fraction of sp³-hybridized carbons (Fsp3) is 0.455. The van der Waals surface area contributed by atoms with Crippen molar-refractivity contribution < 1.29 is 13.9 Å². The number of benzene rings is 1. The van der Waals surface area contributed by atoms with Crippen LogP contribution in [0.5, 0.6) is 0 Å².